The highest BCUT2D eigenvalue weighted by Crippen LogP contribution is 2.28. The summed E-state index contributed by atoms with van der Waals surface area (Å²) in [5.74, 6) is -0.382. The molecule has 0 spiro atoms. The van der Waals surface area contributed by atoms with Crippen molar-refractivity contribution in [2.75, 3.05) is 46.8 Å². The number of aliphatic hydroxyl groups is 1. The Morgan fingerprint density at radius 3 is 2.19 bits per heavy atom. The number of hydrogen-bond donors (Lipinski definition) is 3. The van der Waals surface area contributed by atoms with Crippen molar-refractivity contribution in [1.29, 1.82) is 0 Å². The maximum Gasteiger partial charge on any atom is 0.245 e. The second-order valence-electron chi connectivity index (χ2n) is 15.6. The number of likely N-dealkylation sites (tertiary alicyclic amines) is 3. The fraction of sp³-hybridized carbons (Fsp3) is 0.730. The van der Waals surface area contributed by atoms with Crippen LogP contribution in [0.2, 0.25) is 0 Å². The quantitative estimate of drug-likeness (QED) is 0.313. The van der Waals surface area contributed by atoms with Crippen molar-refractivity contribution in [3.8, 4) is 0 Å². The lowest BCUT2D eigenvalue weighted by molar-refractivity contribution is -0.144. The van der Waals surface area contributed by atoms with Gasteiger partial charge < -0.3 is 25.5 Å². The Balaban J connectivity index is 1.41. The minimum absolute atomic E-state index is 0.0401. The maximum absolute atomic E-state index is 14.2. The number of piperidine rings is 1. The Morgan fingerprint density at radius 2 is 1.54 bits per heavy atom. The summed E-state index contributed by atoms with van der Waals surface area (Å²) in [6, 6.07) is 7.19. The molecule has 3 aliphatic heterocycles. The lowest BCUT2D eigenvalue weighted by Gasteiger charge is -2.41. The summed E-state index contributed by atoms with van der Waals surface area (Å²) in [5, 5.41) is 16.5. The van der Waals surface area contributed by atoms with Crippen LogP contribution < -0.4 is 10.6 Å². The Bertz CT molecular complexity index is 1250. The van der Waals surface area contributed by atoms with E-state index < -0.39 is 23.6 Å². The molecule has 0 saturated carbocycles. The zero-order valence-corrected chi connectivity index (χ0v) is 30.3. The molecule has 1 aromatic carbocycles. The van der Waals surface area contributed by atoms with Crippen molar-refractivity contribution >= 4 is 23.6 Å². The molecule has 11 nitrogen and oxygen atoms in total. The SMILES string of the molecule is CC(C)[C@@H](CN1CCC[C@H]1C(=O)N1CCCC1C(=O)NC[C@H](O)c1ccccc1)N(C)C(=O)[C@@H](NC(=O)[C@H]1CCCCN1C)C(C)(C)C. The van der Waals surface area contributed by atoms with Crippen molar-refractivity contribution in [3.05, 3.63) is 35.9 Å². The van der Waals surface area contributed by atoms with Crippen molar-refractivity contribution in [2.45, 2.75) is 116 Å². The predicted octanol–water partition coefficient (Wildman–Crippen LogP) is 2.79. The van der Waals surface area contributed by atoms with Gasteiger partial charge in [-0.05, 0) is 75.6 Å². The molecule has 0 aromatic heterocycles. The van der Waals surface area contributed by atoms with Gasteiger partial charge >= 0.3 is 0 Å². The lowest BCUT2D eigenvalue weighted by atomic mass is 9.84. The van der Waals surface area contributed by atoms with E-state index in [1.54, 1.807) is 9.80 Å². The third-order valence-electron chi connectivity index (χ3n) is 10.7. The first kappa shape index (κ1) is 37.8. The molecule has 3 heterocycles. The molecule has 3 fully saturated rings. The third kappa shape index (κ3) is 9.15. The molecular weight excluding hydrogens is 608 g/mol. The fourth-order valence-corrected chi connectivity index (χ4v) is 7.61. The van der Waals surface area contributed by atoms with E-state index >= 15 is 0 Å². The number of carbonyl (C=O) groups excluding carboxylic acids is 4. The Morgan fingerprint density at radius 1 is 0.896 bits per heavy atom. The first-order chi connectivity index (χ1) is 22.7. The third-order valence-corrected chi connectivity index (χ3v) is 10.7. The summed E-state index contributed by atoms with van der Waals surface area (Å²) in [5.41, 5.74) is 0.236. The topological polar surface area (TPSA) is 126 Å². The van der Waals surface area contributed by atoms with E-state index in [1.165, 1.54) is 0 Å². The molecule has 48 heavy (non-hydrogen) atoms. The molecule has 3 N–H and O–H groups in total. The van der Waals surface area contributed by atoms with E-state index in [0.29, 0.717) is 25.9 Å². The minimum atomic E-state index is -0.821. The summed E-state index contributed by atoms with van der Waals surface area (Å²) < 4.78 is 0. The minimum Gasteiger partial charge on any atom is -0.387 e. The van der Waals surface area contributed by atoms with Gasteiger partial charge in [0.05, 0.1) is 18.2 Å². The van der Waals surface area contributed by atoms with Crippen LogP contribution in [0.1, 0.15) is 91.2 Å². The predicted molar refractivity (Wildman–Crippen MR) is 187 cm³/mol. The van der Waals surface area contributed by atoms with Crippen LogP contribution in [0.5, 0.6) is 0 Å². The van der Waals surface area contributed by atoms with Gasteiger partial charge in [0.2, 0.25) is 23.6 Å². The number of rotatable bonds is 12. The molecule has 1 unspecified atom stereocenters. The second kappa shape index (κ2) is 16.6. The van der Waals surface area contributed by atoms with Crippen LogP contribution in [-0.4, -0.2) is 125 Å². The average molecular weight is 669 g/mol. The van der Waals surface area contributed by atoms with E-state index in [4.69, 9.17) is 0 Å². The van der Waals surface area contributed by atoms with E-state index in [-0.39, 0.29) is 54.2 Å². The van der Waals surface area contributed by atoms with Gasteiger partial charge in [0.25, 0.3) is 0 Å². The van der Waals surface area contributed by atoms with Crippen LogP contribution in [0.15, 0.2) is 30.3 Å². The summed E-state index contributed by atoms with van der Waals surface area (Å²) in [7, 11) is 3.79. The number of benzene rings is 1. The van der Waals surface area contributed by atoms with E-state index in [2.05, 4.69) is 34.3 Å². The van der Waals surface area contributed by atoms with Crippen LogP contribution >= 0.6 is 0 Å². The maximum atomic E-state index is 14.2. The van der Waals surface area contributed by atoms with Gasteiger partial charge in [-0.2, -0.15) is 0 Å². The number of aliphatic hydroxyl groups excluding tert-OH is 1. The van der Waals surface area contributed by atoms with Crippen molar-refractivity contribution in [3.63, 3.8) is 0 Å². The molecule has 0 aliphatic carbocycles. The van der Waals surface area contributed by atoms with Crippen molar-refractivity contribution < 1.29 is 24.3 Å². The number of nitrogens with zero attached hydrogens (tertiary/aromatic N) is 4. The Labute approximate surface area is 287 Å². The highest BCUT2D eigenvalue weighted by molar-refractivity contribution is 5.91. The fourth-order valence-electron chi connectivity index (χ4n) is 7.61. The molecule has 3 saturated heterocycles. The van der Waals surface area contributed by atoms with Crippen LogP contribution in [0.3, 0.4) is 0 Å². The Hall–Kier alpha value is -3.02. The average Bonchev–Trinajstić information content (AvgIpc) is 3.74. The summed E-state index contributed by atoms with van der Waals surface area (Å²) in [6.45, 7) is 12.9. The van der Waals surface area contributed by atoms with Gasteiger partial charge in [-0.1, -0.05) is 71.4 Å². The molecule has 0 radical (unpaired) electrons. The number of amides is 4. The van der Waals surface area contributed by atoms with Crippen LogP contribution in [0.25, 0.3) is 0 Å². The first-order valence-electron chi connectivity index (χ1n) is 18.0. The molecule has 11 heteroatoms. The molecule has 4 rings (SSSR count). The molecule has 1 aromatic rings. The normalized spacial score (nSPS) is 24.3. The van der Waals surface area contributed by atoms with Gasteiger partial charge in [0, 0.05) is 32.7 Å². The highest BCUT2D eigenvalue weighted by Gasteiger charge is 2.43. The van der Waals surface area contributed by atoms with Gasteiger partial charge in [0.15, 0.2) is 0 Å². The molecule has 6 atom stereocenters. The molecule has 268 valence electrons. The van der Waals surface area contributed by atoms with Crippen LogP contribution in [0, 0.1) is 11.3 Å². The Kier molecular flexibility index (Phi) is 13.1. The first-order valence-corrected chi connectivity index (χ1v) is 18.0. The van der Waals surface area contributed by atoms with Gasteiger partial charge in [-0.15, -0.1) is 0 Å². The van der Waals surface area contributed by atoms with E-state index in [9.17, 15) is 24.3 Å². The van der Waals surface area contributed by atoms with Gasteiger partial charge in [0.1, 0.15) is 12.1 Å². The van der Waals surface area contributed by atoms with Crippen LogP contribution in [-0.2, 0) is 19.2 Å². The second-order valence-corrected chi connectivity index (χ2v) is 15.6. The van der Waals surface area contributed by atoms with E-state index in [1.807, 2.05) is 65.2 Å². The number of likely N-dealkylation sites (N-methyl/N-ethyl adjacent to an activating group) is 2. The summed E-state index contributed by atoms with van der Waals surface area (Å²) >= 11 is 0. The number of carbonyl (C=O) groups is 4. The number of nitrogens with one attached hydrogen (secondary N) is 2. The van der Waals surface area contributed by atoms with Crippen molar-refractivity contribution in [1.82, 2.24) is 30.2 Å². The molecule has 3 aliphatic rings. The van der Waals surface area contributed by atoms with Crippen molar-refractivity contribution in [2.24, 2.45) is 11.3 Å². The van der Waals surface area contributed by atoms with Crippen LogP contribution in [0.4, 0.5) is 0 Å². The molecular formula is C37H60N6O5. The standard InChI is InChI=1S/C37H60N6O5/c1-25(2)30(41(7)36(48)32(37(3,4)5)39-34(46)27-17-11-12-20-40(27)6)24-42-21-13-19-29(42)35(47)43-22-14-18-28(43)33(45)38-23-31(44)26-15-9-8-10-16-26/h8-10,15-16,25,27-32,44H,11-14,17-24H2,1-7H3,(H,38,45)(H,39,46)/t27-,28?,29+,30-,31+,32-/m1/s1. The van der Waals surface area contributed by atoms with Gasteiger partial charge in [-0.25, -0.2) is 0 Å². The highest BCUT2D eigenvalue weighted by atomic mass is 16.3. The van der Waals surface area contributed by atoms with E-state index in [0.717, 1.165) is 50.8 Å². The molecule has 0 bridgehead atoms. The summed E-state index contributed by atoms with van der Waals surface area (Å²) in [4.78, 5) is 62.7. The van der Waals surface area contributed by atoms with Gasteiger partial charge in [-0.3, -0.25) is 29.0 Å². The monoisotopic (exact) mass is 668 g/mol. The zero-order chi connectivity index (χ0) is 35.2. The lowest BCUT2D eigenvalue weighted by Crippen LogP contribution is -2.61. The largest absolute Gasteiger partial charge is 0.387 e. The number of hydrogen-bond acceptors (Lipinski definition) is 7. The zero-order valence-electron chi connectivity index (χ0n) is 30.3. The summed E-state index contributed by atoms with van der Waals surface area (Å²) in [6.07, 6.45) is 4.95. The molecule has 4 amide bonds. The smallest absolute Gasteiger partial charge is 0.245 e.